The van der Waals surface area contributed by atoms with E-state index in [0.29, 0.717) is 11.0 Å². The Labute approximate surface area is 141 Å². The quantitative estimate of drug-likeness (QED) is 0.419. The highest BCUT2D eigenvalue weighted by Gasteiger charge is 2.13. The van der Waals surface area contributed by atoms with Crippen LogP contribution < -0.4 is 0 Å². The van der Waals surface area contributed by atoms with E-state index in [4.69, 9.17) is 16.6 Å². The van der Waals surface area contributed by atoms with Gasteiger partial charge in [-0.25, -0.2) is 9.97 Å². The predicted molar refractivity (Wildman–Crippen MR) is 94.2 cm³/mol. The zero-order chi connectivity index (χ0) is 15.0. The molecule has 0 bridgehead atoms. The molecule has 0 amide bonds. The van der Waals surface area contributed by atoms with Crippen molar-refractivity contribution in [1.82, 2.24) is 9.97 Å². The fourth-order valence-electron chi connectivity index (χ4n) is 2.24. The number of fused-ring (bicyclic) bond motifs is 1. The van der Waals surface area contributed by atoms with E-state index in [0.717, 1.165) is 31.4 Å². The number of halogens is 2. The van der Waals surface area contributed by atoms with Crippen LogP contribution in [-0.4, -0.2) is 16.2 Å². The molecule has 0 aliphatic heterocycles. The number of aryl methyl sites for hydroxylation is 1. The molecule has 5 heteroatoms. The zero-order valence-corrected chi connectivity index (χ0v) is 14.7. The molecule has 0 fully saturated rings. The summed E-state index contributed by atoms with van der Waals surface area (Å²) in [5.74, 6) is 0.655. The lowest BCUT2D eigenvalue weighted by atomic mass is 10.1. The van der Waals surface area contributed by atoms with Gasteiger partial charge in [-0.1, -0.05) is 29.8 Å². The van der Waals surface area contributed by atoms with Gasteiger partial charge in [-0.15, -0.1) is 11.8 Å². The van der Waals surface area contributed by atoms with E-state index in [1.165, 1.54) is 0 Å². The molecule has 0 aliphatic carbocycles. The first-order valence-corrected chi connectivity index (χ1v) is 8.76. The molecule has 1 aromatic heterocycles. The number of hydrogen-bond acceptors (Lipinski definition) is 3. The number of thioether (sulfide) groups is 1. The van der Waals surface area contributed by atoms with Gasteiger partial charge in [0.15, 0.2) is 5.82 Å². The second kappa shape index (κ2) is 5.95. The first-order chi connectivity index (χ1) is 10.1. The van der Waals surface area contributed by atoms with E-state index >= 15 is 0 Å². The lowest BCUT2D eigenvalue weighted by Gasteiger charge is -2.09. The summed E-state index contributed by atoms with van der Waals surface area (Å²) in [5.41, 5.74) is 2.96. The minimum Gasteiger partial charge on any atom is -0.227 e. The van der Waals surface area contributed by atoms with Crippen LogP contribution in [0.3, 0.4) is 0 Å². The number of rotatable bonds is 2. The van der Waals surface area contributed by atoms with E-state index in [1.807, 2.05) is 43.5 Å². The molecule has 2 nitrogen and oxygen atoms in total. The molecule has 2 aromatic carbocycles. The first-order valence-electron chi connectivity index (χ1n) is 6.37. The lowest BCUT2D eigenvalue weighted by Crippen LogP contribution is -1.94. The summed E-state index contributed by atoms with van der Waals surface area (Å²) in [6.07, 6.45) is 2.04. The van der Waals surface area contributed by atoms with Crippen molar-refractivity contribution in [1.29, 1.82) is 0 Å². The van der Waals surface area contributed by atoms with Crippen molar-refractivity contribution in [3.05, 3.63) is 51.6 Å². The summed E-state index contributed by atoms with van der Waals surface area (Å²) >= 11 is 11.6. The van der Waals surface area contributed by atoms with Gasteiger partial charge >= 0.3 is 0 Å². The Hall–Kier alpha value is -1.10. The van der Waals surface area contributed by atoms with E-state index in [9.17, 15) is 0 Å². The number of benzene rings is 2. The fraction of sp³-hybridized carbons (Fsp3) is 0.125. The van der Waals surface area contributed by atoms with Gasteiger partial charge < -0.3 is 0 Å². The molecular formula is C16H12BrClN2S. The summed E-state index contributed by atoms with van der Waals surface area (Å²) in [5, 5.41) is 1.35. The third-order valence-corrected chi connectivity index (χ3v) is 4.89. The van der Waals surface area contributed by atoms with Gasteiger partial charge in [0.1, 0.15) is 5.15 Å². The average Bonchev–Trinajstić information content (AvgIpc) is 2.48. The lowest BCUT2D eigenvalue weighted by molar-refractivity contribution is 1.20. The molecule has 21 heavy (non-hydrogen) atoms. The van der Waals surface area contributed by atoms with Crippen LogP contribution in [0.25, 0.3) is 22.3 Å². The second-order valence-corrected chi connectivity index (χ2v) is 6.74. The summed E-state index contributed by atoms with van der Waals surface area (Å²) in [7, 11) is 0. The standard InChI is InChI=1S/C16H12BrClN2S/c1-9-7-11-14(12(17)8-9)19-16(20-15(11)18)10-5-3-4-6-13(10)21-2/h3-8H,1-2H3. The van der Waals surface area contributed by atoms with Gasteiger partial charge in [-0.3, -0.25) is 0 Å². The van der Waals surface area contributed by atoms with Crippen LogP contribution in [0.15, 0.2) is 45.8 Å². The molecule has 1 heterocycles. The molecular weight excluding hydrogens is 368 g/mol. The van der Waals surface area contributed by atoms with Crippen molar-refractivity contribution < 1.29 is 0 Å². The third-order valence-electron chi connectivity index (χ3n) is 3.20. The van der Waals surface area contributed by atoms with Gasteiger partial charge in [0, 0.05) is 20.3 Å². The van der Waals surface area contributed by atoms with Gasteiger partial charge in [-0.2, -0.15) is 0 Å². The number of aromatic nitrogens is 2. The monoisotopic (exact) mass is 378 g/mol. The first kappa shape index (κ1) is 14.8. The number of nitrogens with zero attached hydrogens (tertiary/aromatic N) is 2. The Morgan fingerprint density at radius 2 is 1.90 bits per heavy atom. The van der Waals surface area contributed by atoms with Crippen LogP contribution in [0.5, 0.6) is 0 Å². The molecule has 3 aromatic rings. The molecule has 0 radical (unpaired) electrons. The van der Waals surface area contributed by atoms with Crippen LogP contribution in [0.4, 0.5) is 0 Å². The van der Waals surface area contributed by atoms with Crippen molar-refractivity contribution in [2.75, 3.05) is 6.26 Å². The summed E-state index contributed by atoms with van der Waals surface area (Å²) in [6.45, 7) is 2.03. The molecule has 0 N–H and O–H groups in total. The summed E-state index contributed by atoms with van der Waals surface area (Å²) < 4.78 is 0.935. The highest BCUT2D eigenvalue weighted by molar-refractivity contribution is 9.10. The minimum atomic E-state index is 0.482. The van der Waals surface area contributed by atoms with Crippen molar-refractivity contribution in [2.45, 2.75) is 11.8 Å². The van der Waals surface area contributed by atoms with E-state index in [2.05, 4.69) is 27.0 Å². The molecule has 0 aliphatic rings. The van der Waals surface area contributed by atoms with Crippen molar-refractivity contribution in [2.24, 2.45) is 0 Å². The molecule has 0 unspecified atom stereocenters. The van der Waals surface area contributed by atoms with Gasteiger partial charge in [-0.05, 0) is 52.9 Å². The Kier molecular flexibility index (Phi) is 4.20. The maximum absolute atomic E-state index is 6.37. The van der Waals surface area contributed by atoms with Crippen LogP contribution in [0, 0.1) is 6.92 Å². The molecule has 0 saturated heterocycles. The highest BCUT2D eigenvalue weighted by Crippen LogP contribution is 2.33. The Balaban J connectivity index is 2.30. The molecule has 3 rings (SSSR count). The maximum Gasteiger partial charge on any atom is 0.162 e. The smallest absolute Gasteiger partial charge is 0.162 e. The SMILES string of the molecule is CSc1ccccc1-c1nc(Cl)c2cc(C)cc(Br)c2n1. The Morgan fingerprint density at radius 3 is 2.67 bits per heavy atom. The third kappa shape index (κ3) is 2.80. The zero-order valence-electron chi connectivity index (χ0n) is 11.5. The molecule has 0 saturated carbocycles. The molecule has 0 atom stereocenters. The summed E-state index contributed by atoms with van der Waals surface area (Å²) in [6, 6.07) is 12.1. The maximum atomic E-state index is 6.37. The Morgan fingerprint density at radius 1 is 1.14 bits per heavy atom. The topological polar surface area (TPSA) is 25.8 Å². The Bertz CT molecular complexity index is 836. The van der Waals surface area contributed by atoms with Crippen molar-refractivity contribution in [3.63, 3.8) is 0 Å². The number of hydrogen-bond donors (Lipinski definition) is 0. The van der Waals surface area contributed by atoms with Gasteiger partial charge in [0.25, 0.3) is 0 Å². The molecule has 0 spiro atoms. The molecule has 106 valence electrons. The van der Waals surface area contributed by atoms with Gasteiger partial charge in [0.2, 0.25) is 0 Å². The van der Waals surface area contributed by atoms with E-state index < -0.39 is 0 Å². The summed E-state index contributed by atoms with van der Waals surface area (Å²) in [4.78, 5) is 10.3. The predicted octanol–water partition coefficient (Wildman–Crippen LogP) is 5.74. The largest absolute Gasteiger partial charge is 0.227 e. The van der Waals surface area contributed by atoms with Crippen molar-refractivity contribution >= 4 is 50.2 Å². The second-order valence-electron chi connectivity index (χ2n) is 4.68. The average molecular weight is 380 g/mol. The van der Waals surface area contributed by atoms with Crippen LogP contribution >= 0.6 is 39.3 Å². The van der Waals surface area contributed by atoms with Crippen LogP contribution in [0.1, 0.15) is 5.56 Å². The van der Waals surface area contributed by atoms with Crippen LogP contribution in [0.2, 0.25) is 5.15 Å². The van der Waals surface area contributed by atoms with Crippen molar-refractivity contribution in [3.8, 4) is 11.4 Å². The minimum absolute atomic E-state index is 0.482. The normalized spacial score (nSPS) is 11.0. The van der Waals surface area contributed by atoms with Crippen LogP contribution in [-0.2, 0) is 0 Å². The van der Waals surface area contributed by atoms with Gasteiger partial charge in [0.05, 0.1) is 5.52 Å². The van der Waals surface area contributed by atoms with E-state index in [-0.39, 0.29) is 0 Å². The fourth-order valence-corrected chi connectivity index (χ4v) is 3.72. The highest BCUT2D eigenvalue weighted by atomic mass is 79.9. The van der Waals surface area contributed by atoms with E-state index in [1.54, 1.807) is 11.8 Å².